The van der Waals surface area contributed by atoms with Crippen LogP contribution in [0.3, 0.4) is 0 Å². The molecular formula is C21H16N4S. The van der Waals surface area contributed by atoms with E-state index in [0.29, 0.717) is 11.3 Å². The number of nitrogens with zero attached hydrogens (tertiary/aromatic N) is 3. The number of imidazole rings is 1. The molecule has 5 heteroatoms. The number of aromatic amines is 1. The smallest absolute Gasteiger partial charge is 0.117 e. The Bertz CT molecular complexity index is 1110. The van der Waals surface area contributed by atoms with Crippen LogP contribution in [-0.4, -0.2) is 15.0 Å². The van der Waals surface area contributed by atoms with Gasteiger partial charge in [0.1, 0.15) is 16.9 Å². The molecule has 0 aliphatic rings. The Balaban J connectivity index is 1.61. The quantitative estimate of drug-likeness (QED) is 0.517. The topological polar surface area (TPSA) is 65.4 Å². The molecule has 0 saturated carbocycles. The summed E-state index contributed by atoms with van der Waals surface area (Å²) >= 11 is 1.53. The van der Waals surface area contributed by atoms with Gasteiger partial charge in [0, 0.05) is 5.56 Å². The summed E-state index contributed by atoms with van der Waals surface area (Å²) in [5.41, 5.74) is 5.68. The standard InChI is InChI=1S/C21H16N4S/c1-14-7-9-18-19(11-14)24-20(23-18)13-26-21-16(12-22)8-10-17(25-21)15-5-3-2-4-6-15/h2-11H,13H2,1H3,(H,23,24). The van der Waals surface area contributed by atoms with Gasteiger partial charge in [0.05, 0.1) is 28.0 Å². The number of aryl methyl sites for hydroxylation is 1. The van der Waals surface area contributed by atoms with Crippen molar-refractivity contribution in [3.05, 3.63) is 77.6 Å². The SMILES string of the molecule is Cc1ccc2nc(CSc3nc(-c4ccccc4)ccc3C#N)[nH]c2c1. The molecule has 2 aromatic heterocycles. The van der Waals surface area contributed by atoms with E-state index in [4.69, 9.17) is 4.98 Å². The fourth-order valence-electron chi connectivity index (χ4n) is 2.79. The van der Waals surface area contributed by atoms with Gasteiger partial charge >= 0.3 is 0 Å². The molecule has 0 radical (unpaired) electrons. The van der Waals surface area contributed by atoms with Gasteiger partial charge in [-0.25, -0.2) is 9.97 Å². The number of thioether (sulfide) groups is 1. The molecule has 0 atom stereocenters. The van der Waals surface area contributed by atoms with Crippen LogP contribution in [-0.2, 0) is 5.75 Å². The largest absolute Gasteiger partial charge is 0.341 e. The third-order valence-corrected chi connectivity index (χ3v) is 5.08. The Morgan fingerprint density at radius 2 is 1.88 bits per heavy atom. The third-order valence-electron chi connectivity index (χ3n) is 4.08. The van der Waals surface area contributed by atoms with Crippen molar-refractivity contribution in [1.82, 2.24) is 15.0 Å². The minimum Gasteiger partial charge on any atom is -0.341 e. The van der Waals surface area contributed by atoms with Gasteiger partial charge in [0.15, 0.2) is 0 Å². The van der Waals surface area contributed by atoms with E-state index in [1.54, 1.807) is 0 Å². The van der Waals surface area contributed by atoms with Gasteiger partial charge in [-0.15, -0.1) is 0 Å². The summed E-state index contributed by atoms with van der Waals surface area (Å²) in [6.07, 6.45) is 0. The summed E-state index contributed by atoms with van der Waals surface area (Å²) in [6, 6.07) is 22.1. The number of aromatic nitrogens is 3. The van der Waals surface area contributed by atoms with Gasteiger partial charge in [0.25, 0.3) is 0 Å². The van der Waals surface area contributed by atoms with Crippen LogP contribution >= 0.6 is 11.8 Å². The van der Waals surface area contributed by atoms with Crippen molar-refractivity contribution in [2.75, 3.05) is 0 Å². The fraction of sp³-hybridized carbons (Fsp3) is 0.0952. The Morgan fingerprint density at radius 1 is 1.04 bits per heavy atom. The van der Waals surface area contributed by atoms with Crippen LogP contribution in [0.25, 0.3) is 22.3 Å². The maximum absolute atomic E-state index is 9.40. The Kier molecular flexibility index (Phi) is 4.42. The molecule has 26 heavy (non-hydrogen) atoms. The molecule has 2 heterocycles. The number of benzene rings is 2. The summed E-state index contributed by atoms with van der Waals surface area (Å²) < 4.78 is 0. The molecular weight excluding hydrogens is 340 g/mol. The van der Waals surface area contributed by atoms with Crippen LogP contribution in [0.15, 0.2) is 65.7 Å². The van der Waals surface area contributed by atoms with Crippen molar-refractivity contribution >= 4 is 22.8 Å². The molecule has 4 nitrogen and oxygen atoms in total. The lowest BCUT2D eigenvalue weighted by atomic mass is 10.1. The normalized spacial score (nSPS) is 10.8. The van der Waals surface area contributed by atoms with Crippen molar-refractivity contribution in [3.8, 4) is 17.3 Å². The van der Waals surface area contributed by atoms with Crippen molar-refractivity contribution in [2.24, 2.45) is 0 Å². The predicted molar refractivity (Wildman–Crippen MR) is 105 cm³/mol. The summed E-state index contributed by atoms with van der Waals surface area (Å²) in [4.78, 5) is 12.7. The molecule has 4 aromatic rings. The molecule has 1 N–H and O–H groups in total. The van der Waals surface area contributed by atoms with Crippen molar-refractivity contribution in [2.45, 2.75) is 17.7 Å². The lowest BCUT2D eigenvalue weighted by Gasteiger charge is -2.06. The number of hydrogen-bond donors (Lipinski definition) is 1. The van der Waals surface area contributed by atoms with E-state index in [9.17, 15) is 5.26 Å². The van der Waals surface area contributed by atoms with Crippen molar-refractivity contribution < 1.29 is 0 Å². The molecule has 0 aliphatic carbocycles. The number of hydrogen-bond acceptors (Lipinski definition) is 4. The number of nitrogens with one attached hydrogen (secondary N) is 1. The molecule has 0 fully saturated rings. The van der Waals surface area contributed by atoms with Crippen LogP contribution in [0.2, 0.25) is 0 Å². The Hall–Kier alpha value is -3.10. The van der Waals surface area contributed by atoms with E-state index in [1.165, 1.54) is 17.3 Å². The van der Waals surface area contributed by atoms with Crippen LogP contribution in [0.5, 0.6) is 0 Å². The molecule has 2 aromatic carbocycles. The van der Waals surface area contributed by atoms with Crippen LogP contribution in [0.4, 0.5) is 0 Å². The summed E-state index contributed by atoms with van der Waals surface area (Å²) in [5, 5.41) is 10.1. The molecule has 4 rings (SSSR count). The van der Waals surface area contributed by atoms with E-state index in [0.717, 1.165) is 33.1 Å². The maximum Gasteiger partial charge on any atom is 0.117 e. The average molecular weight is 356 g/mol. The highest BCUT2D eigenvalue weighted by atomic mass is 32.2. The summed E-state index contributed by atoms with van der Waals surface area (Å²) in [5.74, 6) is 1.51. The molecule has 0 aliphatic heterocycles. The van der Waals surface area contributed by atoms with Crippen molar-refractivity contribution in [1.29, 1.82) is 5.26 Å². The molecule has 0 saturated heterocycles. The highest BCUT2D eigenvalue weighted by Gasteiger charge is 2.10. The first-order valence-corrected chi connectivity index (χ1v) is 9.26. The highest BCUT2D eigenvalue weighted by molar-refractivity contribution is 7.98. The minimum atomic E-state index is 0.585. The lowest BCUT2D eigenvalue weighted by molar-refractivity contribution is 1.09. The van der Waals surface area contributed by atoms with E-state index in [2.05, 4.69) is 35.1 Å². The van der Waals surface area contributed by atoms with E-state index < -0.39 is 0 Å². The first-order chi connectivity index (χ1) is 12.7. The van der Waals surface area contributed by atoms with Gasteiger partial charge in [-0.3, -0.25) is 0 Å². The molecule has 126 valence electrons. The van der Waals surface area contributed by atoms with Gasteiger partial charge in [0.2, 0.25) is 0 Å². The summed E-state index contributed by atoms with van der Waals surface area (Å²) in [6.45, 7) is 2.06. The monoisotopic (exact) mass is 356 g/mol. The van der Waals surface area contributed by atoms with Crippen LogP contribution < -0.4 is 0 Å². The average Bonchev–Trinajstić information content (AvgIpc) is 3.08. The third kappa shape index (κ3) is 3.32. The minimum absolute atomic E-state index is 0.585. The molecule has 0 unspecified atom stereocenters. The summed E-state index contributed by atoms with van der Waals surface area (Å²) in [7, 11) is 0. The van der Waals surface area contributed by atoms with Gasteiger partial charge in [-0.1, -0.05) is 48.2 Å². The molecule has 0 spiro atoms. The zero-order valence-electron chi connectivity index (χ0n) is 14.2. The van der Waals surface area contributed by atoms with Gasteiger partial charge < -0.3 is 4.98 Å². The van der Waals surface area contributed by atoms with Crippen LogP contribution in [0, 0.1) is 18.3 Å². The maximum atomic E-state index is 9.40. The molecule has 0 bridgehead atoms. The van der Waals surface area contributed by atoms with Crippen molar-refractivity contribution in [3.63, 3.8) is 0 Å². The van der Waals surface area contributed by atoms with E-state index >= 15 is 0 Å². The Labute approximate surface area is 155 Å². The number of fused-ring (bicyclic) bond motifs is 1. The first kappa shape index (κ1) is 16.4. The van der Waals surface area contributed by atoms with Gasteiger partial charge in [-0.05, 0) is 36.8 Å². The van der Waals surface area contributed by atoms with Gasteiger partial charge in [-0.2, -0.15) is 5.26 Å². The number of rotatable bonds is 4. The second-order valence-electron chi connectivity index (χ2n) is 6.02. The number of H-pyrrole nitrogens is 1. The first-order valence-electron chi connectivity index (χ1n) is 8.27. The predicted octanol–water partition coefficient (Wildman–Crippen LogP) is 5.10. The molecule has 0 amide bonds. The van der Waals surface area contributed by atoms with E-state index in [1.807, 2.05) is 48.5 Å². The number of nitriles is 1. The second kappa shape index (κ2) is 7.03. The zero-order valence-corrected chi connectivity index (χ0v) is 15.0. The fourth-order valence-corrected chi connectivity index (χ4v) is 3.63. The Morgan fingerprint density at radius 3 is 2.69 bits per heavy atom. The van der Waals surface area contributed by atoms with E-state index in [-0.39, 0.29) is 0 Å². The van der Waals surface area contributed by atoms with Crippen LogP contribution in [0.1, 0.15) is 17.0 Å². The number of pyridine rings is 1. The highest BCUT2D eigenvalue weighted by Crippen LogP contribution is 2.27. The zero-order chi connectivity index (χ0) is 17.9. The second-order valence-corrected chi connectivity index (χ2v) is 6.98. The lowest BCUT2D eigenvalue weighted by Crippen LogP contribution is -1.92.